The Morgan fingerprint density at radius 2 is 1.73 bits per heavy atom. The number of benzene rings is 1. The predicted molar refractivity (Wildman–Crippen MR) is 124 cm³/mol. The molecule has 0 saturated carbocycles. The molecule has 8 heteroatoms. The Balaban J connectivity index is 3.38. The minimum absolute atomic E-state index is 0.0227. The van der Waals surface area contributed by atoms with Gasteiger partial charge in [0.2, 0.25) is 0 Å². The quantitative estimate of drug-likeness (QED) is 0.546. The number of nitrogens with zero attached hydrogens (tertiary/aromatic N) is 2. The van der Waals surface area contributed by atoms with Gasteiger partial charge in [-0.2, -0.15) is 8.42 Å². The van der Waals surface area contributed by atoms with Crippen LogP contribution in [-0.2, 0) is 16.7 Å². The van der Waals surface area contributed by atoms with Crippen molar-refractivity contribution in [2.24, 2.45) is 0 Å². The molecule has 0 heterocycles. The Labute approximate surface area is 182 Å². The fourth-order valence-electron chi connectivity index (χ4n) is 2.96. The lowest BCUT2D eigenvalue weighted by molar-refractivity contribution is 0.164. The van der Waals surface area contributed by atoms with Gasteiger partial charge in [-0.05, 0) is 61.0 Å². The molecule has 0 aromatic heterocycles. The zero-order chi connectivity index (χ0) is 23.1. The third kappa shape index (κ3) is 7.70. The van der Waals surface area contributed by atoms with E-state index < -0.39 is 10.1 Å². The first-order valence-corrected chi connectivity index (χ1v) is 12.3. The van der Waals surface area contributed by atoms with Gasteiger partial charge >= 0.3 is 16.1 Å². The van der Waals surface area contributed by atoms with Gasteiger partial charge in [-0.25, -0.2) is 4.79 Å². The molecule has 0 bridgehead atoms. The predicted octanol–water partition coefficient (Wildman–Crippen LogP) is 4.37. The Kier molecular flexibility index (Phi) is 9.46. The van der Waals surface area contributed by atoms with Gasteiger partial charge in [-0.3, -0.25) is 0 Å². The van der Waals surface area contributed by atoms with Gasteiger partial charge in [0.1, 0.15) is 5.75 Å². The summed E-state index contributed by atoms with van der Waals surface area (Å²) in [7, 11) is -3.70. The molecule has 7 nitrogen and oxygen atoms in total. The molecular formula is C22H39N3O4S. The van der Waals surface area contributed by atoms with Gasteiger partial charge in [0, 0.05) is 42.0 Å². The van der Waals surface area contributed by atoms with Gasteiger partial charge in [-0.1, -0.05) is 13.0 Å². The molecule has 1 atom stereocenters. The number of urea groups is 1. The maximum absolute atomic E-state index is 12.9. The number of anilines is 1. The second-order valence-electron chi connectivity index (χ2n) is 8.46. The summed E-state index contributed by atoms with van der Waals surface area (Å²) < 4.78 is 29.9. The number of amides is 2. The number of carbonyl (C=O) groups excluding carboxylic acids is 1. The largest absolute Gasteiger partial charge is 0.382 e. The van der Waals surface area contributed by atoms with Crippen molar-refractivity contribution in [3.63, 3.8) is 0 Å². The summed E-state index contributed by atoms with van der Waals surface area (Å²) in [6.07, 6.45) is 0.776. The van der Waals surface area contributed by atoms with E-state index in [2.05, 4.69) is 10.2 Å². The molecule has 1 rings (SSSR count). The SMILES string of the molecule is CC[C@@H](C)N(Cc1ccc(N(CC)CC)cc1OS(=O)(=O)CC)C(=O)NC(C)(C)C. The van der Waals surface area contributed by atoms with E-state index in [0.29, 0.717) is 5.56 Å². The molecule has 0 radical (unpaired) electrons. The first kappa shape index (κ1) is 26.1. The summed E-state index contributed by atoms with van der Waals surface area (Å²) in [6.45, 7) is 17.3. The topological polar surface area (TPSA) is 79.0 Å². The van der Waals surface area contributed by atoms with Crippen LogP contribution in [0.25, 0.3) is 0 Å². The van der Waals surface area contributed by atoms with Crippen LogP contribution in [0.3, 0.4) is 0 Å². The molecule has 172 valence electrons. The highest BCUT2D eigenvalue weighted by Crippen LogP contribution is 2.29. The number of nitrogens with one attached hydrogen (secondary N) is 1. The minimum Gasteiger partial charge on any atom is -0.382 e. The molecule has 0 aliphatic rings. The fourth-order valence-corrected chi connectivity index (χ4v) is 3.50. The highest BCUT2D eigenvalue weighted by atomic mass is 32.2. The van der Waals surface area contributed by atoms with Crippen molar-refractivity contribution < 1.29 is 17.4 Å². The average molecular weight is 442 g/mol. The van der Waals surface area contributed by atoms with E-state index >= 15 is 0 Å². The van der Waals surface area contributed by atoms with Crippen LogP contribution < -0.4 is 14.4 Å². The van der Waals surface area contributed by atoms with Crippen molar-refractivity contribution in [1.29, 1.82) is 0 Å². The van der Waals surface area contributed by atoms with Gasteiger partial charge in [0.15, 0.2) is 0 Å². The van der Waals surface area contributed by atoms with Crippen LogP contribution in [0.4, 0.5) is 10.5 Å². The summed E-state index contributed by atoms with van der Waals surface area (Å²) in [4.78, 5) is 16.8. The molecule has 0 aliphatic heterocycles. The van der Waals surface area contributed by atoms with Crippen LogP contribution in [0.5, 0.6) is 5.75 Å². The lowest BCUT2D eigenvalue weighted by atomic mass is 10.1. The minimum atomic E-state index is -3.70. The fraction of sp³-hybridized carbons (Fsp3) is 0.682. The van der Waals surface area contributed by atoms with E-state index in [0.717, 1.165) is 25.2 Å². The standard InChI is InChI=1S/C22H39N3O4S/c1-9-17(5)25(21(26)23-22(6,7)8)16-18-13-14-19(24(10-2)11-3)15-20(18)29-30(27,28)12-4/h13-15,17H,9-12,16H2,1-8H3,(H,23,26)/t17-/m1/s1. The van der Waals surface area contributed by atoms with Crippen LogP contribution in [0.2, 0.25) is 0 Å². The first-order valence-electron chi connectivity index (χ1n) is 10.8. The van der Waals surface area contributed by atoms with Gasteiger partial charge in [-0.15, -0.1) is 0 Å². The van der Waals surface area contributed by atoms with Crippen molar-refractivity contribution in [3.8, 4) is 5.75 Å². The Morgan fingerprint density at radius 1 is 1.13 bits per heavy atom. The van der Waals surface area contributed by atoms with E-state index in [9.17, 15) is 13.2 Å². The molecule has 0 saturated heterocycles. The monoisotopic (exact) mass is 441 g/mol. The van der Waals surface area contributed by atoms with Crippen LogP contribution in [0, 0.1) is 0 Å². The van der Waals surface area contributed by atoms with Gasteiger partial charge in [0.05, 0.1) is 12.3 Å². The zero-order valence-electron chi connectivity index (χ0n) is 19.8. The third-order valence-electron chi connectivity index (χ3n) is 4.96. The highest BCUT2D eigenvalue weighted by molar-refractivity contribution is 7.87. The summed E-state index contributed by atoms with van der Waals surface area (Å²) in [5, 5.41) is 3.00. The molecule has 2 amide bonds. The van der Waals surface area contributed by atoms with E-state index in [1.54, 1.807) is 17.9 Å². The maximum Gasteiger partial charge on any atom is 0.318 e. The van der Waals surface area contributed by atoms with E-state index in [1.165, 1.54) is 0 Å². The Hall–Kier alpha value is -1.96. The lowest BCUT2D eigenvalue weighted by Crippen LogP contribution is -2.50. The zero-order valence-corrected chi connectivity index (χ0v) is 20.6. The number of hydrogen-bond acceptors (Lipinski definition) is 5. The molecule has 0 unspecified atom stereocenters. The smallest absolute Gasteiger partial charge is 0.318 e. The van der Waals surface area contributed by atoms with E-state index in [1.807, 2.05) is 60.6 Å². The van der Waals surface area contributed by atoms with Crippen LogP contribution in [0.15, 0.2) is 18.2 Å². The molecule has 1 N–H and O–H groups in total. The van der Waals surface area contributed by atoms with Crippen molar-refractivity contribution in [3.05, 3.63) is 23.8 Å². The second-order valence-corrected chi connectivity index (χ2v) is 10.3. The maximum atomic E-state index is 12.9. The molecule has 0 aliphatic carbocycles. The first-order chi connectivity index (χ1) is 13.9. The highest BCUT2D eigenvalue weighted by Gasteiger charge is 2.25. The Bertz CT molecular complexity index is 799. The van der Waals surface area contributed by atoms with Crippen molar-refractivity contribution >= 4 is 21.8 Å². The van der Waals surface area contributed by atoms with E-state index in [-0.39, 0.29) is 35.7 Å². The molecular weight excluding hydrogens is 402 g/mol. The number of carbonyl (C=O) groups is 1. The lowest BCUT2D eigenvalue weighted by Gasteiger charge is -2.33. The normalized spacial score (nSPS) is 12.9. The van der Waals surface area contributed by atoms with Crippen molar-refractivity contribution in [2.75, 3.05) is 23.7 Å². The number of hydrogen-bond donors (Lipinski definition) is 1. The molecule has 0 spiro atoms. The van der Waals surface area contributed by atoms with Crippen LogP contribution >= 0.6 is 0 Å². The summed E-state index contributed by atoms with van der Waals surface area (Å²) in [6, 6.07) is 5.35. The molecule has 30 heavy (non-hydrogen) atoms. The molecule has 1 aromatic rings. The van der Waals surface area contributed by atoms with E-state index in [4.69, 9.17) is 4.18 Å². The third-order valence-corrected chi connectivity index (χ3v) is 6.10. The molecule has 0 fully saturated rings. The molecule has 1 aromatic carbocycles. The number of rotatable bonds is 10. The van der Waals surface area contributed by atoms with Crippen molar-refractivity contribution in [2.45, 2.75) is 79.9 Å². The van der Waals surface area contributed by atoms with Crippen molar-refractivity contribution in [1.82, 2.24) is 10.2 Å². The Morgan fingerprint density at radius 3 is 2.20 bits per heavy atom. The summed E-state index contributed by atoms with van der Waals surface area (Å²) in [5.41, 5.74) is 1.17. The summed E-state index contributed by atoms with van der Waals surface area (Å²) in [5.74, 6) is 0.153. The van der Waals surface area contributed by atoms with Gasteiger partial charge in [0.25, 0.3) is 0 Å². The second kappa shape index (κ2) is 10.9. The average Bonchev–Trinajstić information content (AvgIpc) is 2.66. The summed E-state index contributed by atoms with van der Waals surface area (Å²) >= 11 is 0. The van der Waals surface area contributed by atoms with Gasteiger partial charge < -0.3 is 19.3 Å². The van der Waals surface area contributed by atoms with Crippen LogP contribution in [0.1, 0.15) is 67.4 Å². The van der Waals surface area contributed by atoms with Crippen LogP contribution in [-0.4, -0.2) is 49.8 Å².